The molecule has 0 saturated carbocycles. The van der Waals surface area contributed by atoms with Crippen LogP contribution in [0.1, 0.15) is 33.6 Å². The molecule has 0 spiro atoms. The largest absolute Gasteiger partial charge is 0.478 e. The first-order valence-corrected chi connectivity index (χ1v) is 5.54. The van der Waals surface area contributed by atoms with Crippen molar-refractivity contribution in [2.75, 3.05) is 6.54 Å². The molecule has 0 aromatic rings. The standard InChI is InChI=1S/C13H21NO2/c1-4-6-9-14-10-12(5-2)8-7-11(3)13(15)16/h4,6-7,10,14H,5,8-9H2,1-3H3,(H,15,16)/b6-4-,11-7+,12-10-. The van der Waals surface area contributed by atoms with Crippen molar-refractivity contribution in [1.29, 1.82) is 0 Å². The van der Waals surface area contributed by atoms with Crippen molar-refractivity contribution in [3.63, 3.8) is 0 Å². The van der Waals surface area contributed by atoms with Crippen molar-refractivity contribution < 1.29 is 9.90 Å². The molecule has 0 aliphatic rings. The normalized spacial score (nSPS) is 13.2. The summed E-state index contributed by atoms with van der Waals surface area (Å²) in [5.41, 5.74) is 1.60. The van der Waals surface area contributed by atoms with E-state index in [1.807, 2.05) is 25.3 Å². The van der Waals surface area contributed by atoms with Crippen molar-refractivity contribution in [2.45, 2.75) is 33.6 Å². The van der Waals surface area contributed by atoms with Gasteiger partial charge in [-0.2, -0.15) is 0 Å². The van der Waals surface area contributed by atoms with E-state index < -0.39 is 5.97 Å². The third-order valence-electron chi connectivity index (χ3n) is 2.24. The fourth-order valence-electron chi connectivity index (χ4n) is 1.07. The Labute approximate surface area is 97.6 Å². The molecule has 3 nitrogen and oxygen atoms in total. The maximum atomic E-state index is 10.6. The number of carboxylic acids is 1. The summed E-state index contributed by atoms with van der Waals surface area (Å²) in [6.45, 7) is 6.46. The Kier molecular flexibility index (Phi) is 7.94. The highest BCUT2D eigenvalue weighted by Crippen LogP contribution is 2.08. The molecule has 0 rings (SSSR count). The van der Waals surface area contributed by atoms with E-state index in [9.17, 15) is 4.79 Å². The molecule has 0 saturated heterocycles. The lowest BCUT2D eigenvalue weighted by Gasteiger charge is -2.02. The van der Waals surface area contributed by atoms with Crippen LogP contribution in [0.4, 0.5) is 0 Å². The van der Waals surface area contributed by atoms with E-state index in [0.717, 1.165) is 13.0 Å². The number of hydrogen-bond acceptors (Lipinski definition) is 2. The van der Waals surface area contributed by atoms with Crippen molar-refractivity contribution in [1.82, 2.24) is 5.32 Å². The molecule has 0 unspecified atom stereocenters. The monoisotopic (exact) mass is 223 g/mol. The first kappa shape index (κ1) is 14.5. The van der Waals surface area contributed by atoms with E-state index >= 15 is 0 Å². The van der Waals surface area contributed by atoms with Crippen LogP contribution in [0.3, 0.4) is 0 Å². The summed E-state index contributed by atoms with van der Waals surface area (Å²) in [5, 5.41) is 11.9. The SMILES string of the molecule is C/C=C\CN/C=C(/CC)C/C=C(\C)C(=O)O. The lowest BCUT2D eigenvalue weighted by molar-refractivity contribution is -0.132. The summed E-state index contributed by atoms with van der Waals surface area (Å²) in [6, 6.07) is 0. The van der Waals surface area contributed by atoms with Crippen LogP contribution in [0.2, 0.25) is 0 Å². The number of hydrogen-bond donors (Lipinski definition) is 2. The summed E-state index contributed by atoms with van der Waals surface area (Å²) in [4.78, 5) is 10.6. The van der Waals surface area contributed by atoms with Crippen LogP contribution >= 0.6 is 0 Å². The zero-order valence-corrected chi connectivity index (χ0v) is 10.3. The van der Waals surface area contributed by atoms with Crippen molar-refractivity contribution in [3.05, 3.63) is 35.6 Å². The van der Waals surface area contributed by atoms with Crippen LogP contribution in [0.25, 0.3) is 0 Å². The predicted molar refractivity (Wildman–Crippen MR) is 67.2 cm³/mol. The quantitative estimate of drug-likeness (QED) is 0.396. The second-order valence-electron chi connectivity index (χ2n) is 3.53. The van der Waals surface area contributed by atoms with Crippen LogP contribution < -0.4 is 5.32 Å². The molecule has 0 aromatic heterocycles. The molecule has 0 bridgehead atoms. The first-order chi connectivity index (χ1) is 7.61. The minimum Gasteiger partial charge on any atom is -0.478 e. The number of carboxylic acid groups (broad SMARTS) is 1. The smallest absolute Gasteiger partial charge is 0.330 e. The lowest BCUT2D eigenvalue weighted by atomic mass is 10.1. The minimum absolute atomic E-state index is 0.396. The Bertz CT molecular complexity index is 301. The van der Waals surface area contributed by atoms with E-state index in [0.29, 0.717) is 12.0 Å². The molecule has 0 aliphatic heterocycles. The van der Waals surface area contributed by atoms with Gasteiger partial charge in [0.1, 0.15) is 0 Å². The van der Waals surface area contributed by atoms with E-state index in [1.165, 1.54) is 5.57 Å². The molecule has 3 heteroatoms. The van der Waals surface area contributed by atoms with Crippen molar-refractivity contribution in [3.8, 4) is 0 Å². The molecule has 0 aromatic carbocycles. The van der Waals surface area contributed by atoms with Crippen LogP contribution in [0.5, 0.6) is 0 Å². The molecule has 0 aliphatic carbocycles. The summed E-state index contributed by atoms with van der Waals surface area (Å²) >= 11 is 0. The summed E-state index contributed by atoms with van der Waals surface area (Å²) < 4.78 is 0. The van der Waals surface area contributed by atoms with Crippen LogP contribution in [0, 0.1) is 0 Å². The van der Waals surface area contributed by atoms with Gasteiger partial charge in [0.2, 0.25) is 0 Å². The van der Waals surface area contributed by atoms with Gasteiger partial charge in [0, 0.05) is 12.1 Å². The second-order valence-corrected chi connectivity index (χ2v) is 3.53. The Balaban J connectivity index is 4.19. The van der Waals surface area contributed by atoms with Gasteiger partial charge in [-0.15, -0.1) is 0 Å². The third-order valence-corrected chi connectivity index (χ3v) is 2.24. The molecular formula is C13H21NO2. The highest BCUT2D eigenvalue weighted by Gasteiger charge is 1.99. The zero-order chi connectivity index (χ0) is 12.4. The molecule has 0 radical (unpaired) electrons. The maximum absolute atomic E-state index is 10.6. The molecule has 2 N–H and O–H groups in total. The molecule has 0 atom stereocenters. The number of carbonyl (C=O) groups is 1. The molecule has 0 heterocycles. The van der Waals surface area contributed by atoms with E-state index in [2.05, 4.69) is 12.2 Å². The summed E-state index contributed by atoms with van der Waals surface area (Å²) in [5.74, 6) is -0.850. The van der Waals surface area contributed by atoms with Gasteiger partial charge < -0.3 is 10.4 Å². The molecule has 0 fully saturated rings. The van der Waals surface area contributed by atoms with Gasteiger partial charge >= 0.3 is 5.97 Å². The number of allylic oxidation sites excluding steroid dienone is 3. The lowest BCUT2D eigenvalue weighted by Crippen LogP contribution is -2.05. The fourth-order valence-corrected chi connectivity index (χ4v) is 1.07. The van der Waals surface area contributed by atoms with Gasteiger partial charge in [-0.25, -0.2) is 4.79 Å². The Hall–Kier alpha value is -1.51. The van der Waals surface area contributed by atoms with Gasteiger partial charge in [0.25, 0.3) is 0 Å². The van der Waals surface area contributed by atoms with E-state index in [1.54, 1.807) is 13.0 Å². The third kappa shape index (κ3) is 6.87. The van der Waals surface area contributed by atoms with Gasteiger partial charge in [-0.1, -0.05) is 30.7 Å². The van der Waals surface area contributed by atoms with Gasteiger partial charge in [-0.05, 0) is 32.9 Å². The first-order valence-electron chi connectivity index (χ1n) is 5.54. The number of rotatable bonds is 7. The molecule has 90 valence electrons. The van der Waals surface area contributed by atoms with Gasteiger partial charge in [-0.3, -0.25) is 0 Å². The van der Waals surface area contributed by atoms with Gasteiger partial charge in [0.05, 0.1) is 0 Å². The predicted octanol–water partition coefficient (Wildman–Crippen LogP) is 2.87. The van der Waals surface area contributed by atoms with E-state index in [4.69, 9.17) is 5.11 Å². The number of aliphatic carboxylic acids is 1. The van der Waals surface area contributed by atoms with Crippen LogP contribution in [-0.4, -0.2) is 17.6 Å². The van der Waals surface area contributed by atoms with Crippen molar-refractivity contribution >= 4 is 5.97 Å². The maximum Gasteiger partial charge on any atom is 0.330 e. The second kappa shape index (κ2) is 8.77. The topological polar surface area (TPSA) is 49.3 Å². The molecule has 16 heavy (non-hydrogen) atoms. The summed E-state index contributed by atoms with van der Waals surface area (Å²) in [6.07, 6.45) is 9.34. The average Bonchev–Trinajstić information content (AvgIpc) is 2.27. The van der Waals surface area contributed by atoms with Crippen LogP contribution in [-0.2, 0) is 4.79 Å². The Morgan fingerprint density at radius 2 is 2.12 bits per heavy atom. The minimum atomic E-state index is -0.850. The molecule has 0 amide bonds. The van der Waals surface area contributed by atoms with Crippen molar-refractivity contribution in [2.24, 2.45) is 0 Å². The Morgan fingerprint density at radius 1 is 1.44 bits per heavy atom. The fraction of sp³-hybridized carbons (Fsp3) is 0.462. The Morgan fingerprint density at radius 3 is 2.62 bits per heavy atom. The highest BCUT2D eigenvalue weighted by molar-refractivity contribution is 5.85. The molecular weight excluding hydrogens is 202 g/mol. The van der Waals surface area contributed by atoms with E-state index in [-0.39, 0.29) is 0 Å². The summed E-state index contributed by atoms with van der Waals surface area (Å²) in [7, 11) is 0. The zero-order valence-electron chi connectivity index (χ0n) is 10.3. The van der Waals surface area contributed by atoms with Crippen LogP contribution in [0.15, 0.2) is 35.6 Å². The number of nitrogens with one attached hydrogen (secondary N) is 1. The average molecular weight is 223 g/mol. The highest BCUT2D eigenvalue weighted by atomic mass is 16.4. The van der Waals surface area contributed by atoms with Gasteiger partial charge in [0.15, 0.2) is 0 Å².